The van der Waals surface area contributed by atoms with Crippen LogP contribution in [-0.2, 0) is 0 Å². The highest BCUT2D eigenvalue weighted by Crippen LogP contribution is 2.31. The molecule has 1 aromatic rings. The fraction of sp³-hybridized carbons (Fsp3) is 0.588. The summed E-state index contributed by atoms with van der Waals surface area (Å²) in [6.07, 6.45) is -1.21. The van der Waals surface area contributed by atoms with Gasteiger partial charge in [0.05, 0.1) is 5.69 Å². The number of anilines is 1. The highest BCUT2D eigenvalue weighted by Gasteiger charge is 2.38. The molecule has 0 aromatic heterocycles. The van der Waals surface area contributed by atoms with Gasteiger partial charge in [-0.15, -0.1) is 13.2 Å². The van der Waals surface area contributed by atoms with Gasteiger partial charge in [-0.25, -0.2) is 4.79 Å². The maximum absolute atomic E-state index is 12.4. The van der Waals surface area contributed by atoms with Crippen LogP contribution in [0.1, 0.15) is 26.2 Å². The number of benzene rings is 1. The lowest BCUT2D eigenvalue weighted by molar-refractivity contribution is -0.274. The van der Waals surface area contributed by atoms with E-state index >= 15 is 0 Å². The van der Waals surface area contributed by atoms with Crippen molar-refractivity contribution >= 4 is 11.7 Å². The third-order valence-electron chi connectivity index (χ3n) is 4.83. The number of nitrogens with one attached hydrogen (secondary N) is 1. The molecule has 1 aromatic carbocycles. The number of amides is 2. The van der Waals surface area contributed by atoms with Gasteiger partial charge in [-0.05, 0) is 38.4 Å². The number of carbonyl (C=O) groups is 1. The largest absolute Gasteiger partial charge is 0.573 e. The van der Waals surface area contributed by atoms with Gasteiger partial charge in [-0.2, -0.15) is 0 Å². The number of nitrogens with zero attached hydrogens (tertiary/aromatic N) is 2. The fourth-order valence-corrected chi connectivity index (χ4v) is 3.47. The Morgan fingerprint density at radius 2 is 1.96 bits per heavy atom. The molecule has 5 nitrogen and oxygen atoms in total. The van der Waals surface area contributed by atoms with E-state index in [-0.39, 0.29) is 5.69 Å². The van der Waals surface area contributed by atoms with E-state index in [9.17, 15) is 18.0 Å². The minimum Gasteiger partial charge on any atom is -0.404 e. The highest BCUT2D eigenvalue weighted by molar-refractivity contribution is 5.91. The summed E-state index contributed by atoms with van der Waals surface area (Å²) in [6, 6.07) is 5.99. The Hall–Kier alpha value is -1.96. The Morgan fingerprint density at radius 3 is 2.64 bits per heavy atom. The number of ether oxygens (including phenoxy) is 1. The number of likely N-dealkylation sites (tertiary alicyclic amines) is 2. The van der Waals surface area contributed by atoms with E-state index in [4.69, 9.17) is 0 Å². The Balaban J connectivity index is 1.56. The maximum Gasteiger partial charge on any atom is 0.573 e. The van der Waals surface area contributed by atoms with Gasteiger partial charge in [0.25, 0.3) is 0 Å². The molecule has 0 bridgehead atoms. The number of halogens is 3. The number of rotatable bonds is 3. The van der Waals surface area contributed by atoms with Crippen molar-refractivity contribution in [1.29, 1.82) is 0 Å². The van der Waals surface area contributed by atoms with Gasteiger partial charge in [0, 0.05) is 25.2 Å². The molecule has 2 aliphatic heterocycles. The van der Waals surface area contributed by atoms with E-state index in [0.29, 0.717) is 25.2 Å². The monoisotopic (exact) mass is 357 g/mol. The van der Waals surface area contributed by atoms with Crippen LogP contribution < -0.4 is 10.1 Å². The molecular formula is C17H22F3N3O2. The number of hydrogen-bond donors (Lipinski definition) is 1. The molecule has 8 heteroatoms. The lowest BCUT2D eigenvalue weighted by Crippen LogP contribution is -2.64. The number of hydrogen-bond acceptors (Lipinski definition) is 3. The van der Waals surface area contributed by atoms with Crippen molar-refractivity contribution in [3.05, 3.63) is 24.3 Å². The third-order valence-corrected chi connectivity index (χ3v) is 4.83. The summed E-state index contributed by atoms with van der Waals surface area (Å²) in [5.74, 6) is -0.412. The maximum atomic E-state index is 12.4. The zero-order chi connectivity index (χ0) is 18.0. The molecule has 138 valence electrons. The average molecular weight is 357 g/mol. The standard InChI is InChI=1S/C17H22F3N3O2/c1-12-6-4-5-9-23(12)13-10-22(11-13)16(24)21-14-7-2-3-8-15(14)25-17(18,19)20/h2-3,7-8,12-13H,4-6,9-11H2,1H3,(H,21,24)/t12-/m0/s1. The second kappa shape index (κ2) is 7.11. The van der Waals surface area contributed by atoms with Gasteiger partial charge in [0.15, 0.2) is 5.75 Å². The van der Waals surface area contributed by atoms with Crippen molar-refractivity contribution in [2.75, 3.05) is 25.0 Å². The van der Waals surface area contributed by atoms with Crippen LogP contribution in [0.4, 0.5) is 23.7 Å². The second-order valence-electron chi connectivity index (χ2n) is 6.62. The number of para-hydroxylation sites is 2. The summed E-state index contributed by atoms with van der Waals surface area (Å²) in [5, 5.41) is 2.51. The predicted molar refractivity (Wildman–Crippen MR) is 87.5 cm³/mol. The summed E-state index contributed by atoms with van der Waals surface area (Å²) >= 11 is 0. The van der Waals surface area contributed by atoms with Crippen molar-refractivity contribution < 1.29 is 22.7 Å². The molecular weight excluding hydrogens is 335 g/mol. The molecule has 2 saturated heterocycles. The smallest absolute Gasteiger partial charge is 0.404 e. The summed E-state index contributed by atoms with van der Waals surface area (Å²) < 4.78 is 41.3. The minimum atomic E-state index is -4.80. The molecule has 25 heavy (non-hydrogen) atoms. The van der Waals surface area contributed by atoms with Crippen molar-refractivity contribution in [1.82, 2.24) is 9.80 Å². The van der Waals surface area contributed by atoms with Crippen LogP contribution in [-0.4, -0.2) is 53.9 Å². The van der Waals surface area contributed by atoms with E-state index in [0.717, 1.165) is 6.54 Å². The van der Waals surface area contributed by atoms with E-state index in [1.165, 1.54) is 37.5 Å². The molecule has 0 saturated carbocycles. The van der Waals surface area contributed by atoms with E-state index in [1.807, 2.05) is 0 Å². The van der Waals surface area contributed by atoms with Gasteiger partial charge in [-0.3, -0.25) is 4.90 Å². The normalized spacial score (nSPS) is 22.4. The van der Waals surface area contributed by atoms with Crippen LogP contribution in [0.5, 0.6) is 5.75 Å². The highest BCUT2D eigenvalue weighted by atomic mass is 19.4. The third kappa shape index (κ3) is 4.36. The van der Waals surface area contributed by atoms with Crippen molar-refractivity contribution in [2.45, 2.75) is 44.6 Å². The lowest BCUT2D eigenvalue weighted by atomic mass is 9.98. The minimum absolute atomic E-state index is 0.0135. The van der Waals surface area contributed by atoms with Crippen LogP contribution in [0.2, 0.25) is 0 Å². The number of piperidine rings is 1. The van der Waals surface area contributed by atoms with Crippen molar-refractivity contribution in [2.24, 2.45) is 0 Å². The molecule has 0 radical (unpaired) electrons. The van der Waals surface area contributed by atoms with Crippen LogP contribution in [0, 0.1) is 0 Å². The first-order valence-electron chi connectivity index (χ1n) is 8.50. The predicted octanol–water partition coefficient (Wildman–Crippen LogP) is 3.68. The molecule has 3 rings (SSSR count). The van der Waals surface area contributed by atoms with E-state index in [1.54, 1.807) is 11.0 Å². The first kappa shape index (κ1) is 17.8. The van der Waals surface area contributed by atoms with Crippen molar-refractivity contribution in [3.8, 4) is 5.75 Å². The van der Waals surface area contributed by atoms with Crippen LogP contribution >= 0.6 is 0 Å². The molecule has 0 spiro atoms. The average Bonchev–Trinajstić information content (AvgIpc) is 2.48. The molecule has 2 fully saturated rings. The van der Waals surface area contributed by atoms with Gasteiger partial charge in [0.1, 0.15) is 0 Å². The van der Waals surface area contributed by atoms with Gasteiger partial charge in [-0.1, -0.05) is 18.6 Å². The van der Waals surface area contributed by atoms with Gasteiger partial charge in [0.2, 0.25) is 0 Å². The molecule has 1 atom stereocenters. The summed E-state index contributed by atoms with van der Waals surface area (Å²) in [5.41, 5.74) is 0.0135. The molecule has 2 amide bonds. The summed E-state index contributed by atoms with van der Waals surface area (Å²) in [6.45, 7) is 4.44. The molecule has 2 heterocycles. The van der Waals surface area contributed by atoms with Crippen LogP contribution in [0.25, 0.3) is 0 Å². The Labute approximate surface area is 144 Å². The van der Waals surface area contributed by atoms with Gasteiger partial charge < -0.3 is 15.0 Å². The SMILES string of the molecule is C[C@H]1CCCCN1C1CN(C(=O)Nc2ccccc2OC(F)(F)F)C1. The summed E-state index contributed by atoms with van der Waals surface area (Å²) in [7, 11) is 0. The number of alkyl halides is 3. The van der Waals surface area contributed by atoms with Crippen LogP contribution in [0.15, 0.2) is 24.3 Å². The summed E-state index contributed by atoms with van der Waals surface area (Å²) in [4.78, 5) is 16.3. The molecule has 2 aliphatic rings. The molecule has 0 unspecified atom stereocenters. The van der Waals surface area contributed by atoms with E-state index < -0.39 is 18.1 Å². The number of urea groups is 1. The number of carbonyl (C=O) groups excluding carboxylic acids is 1. The Morgan fingerprint density at radius 1 is 1.24 bits per heavy atom. The topological polar surface area (TPSA) is 44.8 Å². The zero-order valence-corrected chi connectivity index (χ0v) is 14.1. The lowest BCUT2D eigenvalue weighted by Gasteiger charge is -2.49. The fourth-order valence-electron chi connectivity index (χ4n) is 3.47. The zero-order valence-electron chi connectivity index (χ0n) is 14.1. The Bertz CT molecular complexity index is 617. The first-order chi connectivity index (χ1) is 11.8. The quantitative estimate of drug-likeness (QED) is 0.898. The molecule has 0 aliphatic carbocycles. The first-order valence-corrected chi connectivity index (χ1v) is 8.50. The van der Waals surface area contributed by atoms with Crippen LogP contribution in [0.3, 0.4) is 0 Å². The molecule has 1 N–H and O–H groups in total. The van der Waals surface area contributed by atoms with Gasteiger partial charge >= 0.3 is 12.4 Å². The second-order valence-corrected chi connectivity index (χ2v) is 6.62. The van der Waals surface area contributed by atoms with Crippen molar-refractivity contribution in [3.63, 3.8) is 0 Å². The Kier molecular flexibility index (Phi) is 5.08. The van der Waals surface area contributed by atoms with E-state index in [2.05, 4.69) is 21.9 Å².